The van der Waals surface area contributed by atoms with Gasteiger partial charge in [0.2, 0.25) is 0 Å². The summed E-state index contributed by atoms with van der Waals surface area (Å²) in [4.78, 5) is 11.2. The lowest BCUT2D eigenvalue weighted by Gasteiger charge is -2.15. The standard InChI is InChI=1S/C13H18O3/c1-9-4-5-11(10(2)8-9)12(13(14)15)6-7-16-3/h4-5,8,12H,6-7H2,1-3H3,(H,14,15). The number of carbonyl (C=O) groups is 1. The fourth-order valence-electron chi connectivity index (χ4n) is 1.86. The van der Waals surface area contributed by atoms with Crippen LogP contribution >= 0.6 is 0 Å². The van der Waals surface area contributed by atoms with Crippen LogP contribution in [0.2, 0.25) is 0 Å². The first kappa shape index (κ1) is 12.7. The van der Waals surface area contributed by atoms with Crippen LogP contribution in [0.3, 0.4) is 0 Å². The zero-order chi connectivity index (χ0) is 12.1. The molecule has 0 aromatic heterocycles. The van der Waals surface area contributed by atoms with E-state index >= 15 is 0 Å². The van der Waals surface area contributed by atoms with E-state index in [0.29, 0.717) is 13.0 Å². The Balaban J connectivity index is 2.96. The molecule has 0 aliphatic rings. The fraction of sp³-hybridized carbons (Fsp3) is 0.462. The van der Waals surface area contributed by atoms with E-state index < -0.39 is 11.9 Å². The molecule has 0 saturated carbocycles. The second-order valence-corrected chi connectivity index (χ2v) is 4.03. The molecule has 0 aliphatic carbocycles. The molecule has 1 unspecified atom stereocenters. The Bertz CT molecular complexity index is 371. The molecule has 88 valence electrons. The van der Waals surface area contributed by atoms with Crippen molar-refractivity contribution in [3.05, 3.63) is 34.9 Å². The third-order valence-electron chi connectivity index (χ3n) is 2.71. The molecule has 0 fully saturated rings. The van der Waals surface area contributed by atoms with Crippen LogP contribution in [0.15, 0.2) is 18.2 Å². The van der Waals surface area contributed by atoms with Crippen LogP contribution in [0, 0.1) is 13.8 Å². The van der Waals surface area contributed by atoms with Gasteiger partial charge in [-0.05, 0) is 31.4 Å². The van der Waals surface area contributed by atoms with Crippen LogP contribution in [-0.4, -0.2) is 24.8 Å². The van der Waals surface area contributed by atoms with Gasteiger partial charge in [-0.2, -0.15) is 0 Å². The lowest BCUT2D eigenvalue weighted by atomic mass is 9.91. The third kappa shape index (κ3) is 3.07. The molecular weight excluding hydrogens is 204 g/mol. The summed E-state index contributed by atoms with van der Waals surface area (Å²) in [7, 11) is 1.58. The van der Waals surface area contributed by atoms with E-state index in [9.17, 15) is 9.90 Å². The smallest absolute Gasteiger partial charge is 0.311 e. The molecule has 0 radical (unpaired) electrons. The minimum Gasteiger partial charge on any atom is -0.481 e. The molecule has 1 aromatic rings. The van der Waals surface area contributed by atoms with Gasteiger partial charge >= 0.3 is 5.97 Å². The van der Waals surface area contributed by atoms with Crippen molar-refractivity contribution in [3.63, 3.8) is 0 Å². The first-order chi connectivity index (χ1) is 7.56. The molecule has 1 aromatic carbocycles. The van der Waals surface area contributed by atoms with E-state index in [2.05, 4.69) is 0 Å². The molecule has 3 heteroatoms. The number of hydrogen-bond donors (Lipinski definition) is 1. The first-order valence-corrected chi connectivity index (χ1v) is 5.35. The average Bonchev–Trinajstić information content (AvgIpc) is 2.20. The maximum atomic E-state index is 11.2. The molecule has 16 heavy (non-hydrogen) atoms. The molecule has 1 rings (SSSR count). The highest BCUT2D eigenvalue weighted by Gasteiger charge is 2.20. The SMILES string of the molecule is COCCC(C(=O)O)c1ccc(C)cc1C. The number of rotatable bonds is 5. The predicted molar refractivity (Wildman–Crippen MR) is 62.8 cm³/mol. The van der Waals surface area contributed by atoms with Gasteiger partial charge in [0.15, 0.2) is 0 Å². The minimum atomic E-state index is -0.788. The summed E-state index contributed by atoms with van der Waals surface area (Å²) < 4.78 is 4.94. The highest BCUT2D eigenvalue weighted by molar-refractivity contribution is 5.76. The monoisotopic (exact) mass is 222 g/mol. The van der Waals surface area contributed by atoms with Crippen LogP contribution in [-0.2, 0) is 9.53 Å². The summed E-state index contributed by atoms with van der Waals surface area (Å²) in [5.41, 5.74) is 3.07. The molecule has 0 heterocycles. The van der Waals surface area contributed by atoms with E-state index in [1.54, 1.807) is 7.11 Å². The summed E-state index contributed by atoms with van der Waals surface area (Å²) in [5, 5.41) is 9.19. The van der Waals surface area contributed by atoms with Crippen molar-refractivity contribution in [1.82, 2.24) is 0 Å². The molecule has 0 bridgehead atoms. The van der Waals surface area contributed by atoms with Crippen molar-refractivity contribution < 1.29 is 14.6 Å². The minimum absolute atomic E-state index is 0.463. The Hall–Kier alpha value is -1.35. The molecule has 0 amide bonds. The number of benzene rings is 1. The summed E-state index contributed by atoms with van der Waals surface area (Å²) in [5.74, 6) is -1.26. The summed E-state index contributed by atoms with van der Waals surface area (Å²) in [6.07, 6.45) is 0.510. The van der Waals surface area contributed by atoms with Crippen molar-refractivity contribution in [2.75, 3.05) is 13.7 Å². The third-order valence-corrected chi connectivity index (χ3v) is 2.71. The van der Waals surface area contributed by atoms with Crippen LogP contribution in [0.5, 0.6) is 0 Å². The van der Waals surface area contributed by atoms with Gasteiger partial charge in [-0.15, -0.1) is 0 Å². The van der Waals surface area contributed by atoms with Gasteiger partial charge in [0.25, 0.3) is 0 Å². The lowest BCUT2D eigenvalue weighted by Crippen LogP contribution is -2.15. The number of ether oxygens (including phenoxy) is 1. The Morgan fingerprint density at radius 3 is 2.62 bits per heavy atom. The first-order valence-electron chi connectivity index (χ1n) is 5.35. The quantitative estimate of drug-likeness (QED) is 0.832. The van der Waals surface area contributed by atoms with E-state index in [1.807, 2.05) is 32.0 Å². The molecule has 3 nitrogen and oxygen atoms in total. The fourth-order valence-corrected chi connectivity index (χ4v) is 1.86. The van der Waals surface area contributed by atoms with E-state index in [1.165, 1.54) is 0 Å². The van der Waals surface area contributed by atoms with Crippen molar-refractivity contribution in [1.29, 1.82) is 0 Å². The second kappa shape index (κ2) is 5.66. The van der Waals surface area contributed by atoms with Gasteiger partial charge in [0, 0.05) is 13.7 Å². The topological polar surface area (TPSA) is 46.5 Å². The Labute approximate surface area is 96.1 Å². The lowest BCUT2D eigenvalue weighted by molar-refractivity contribution is -0.139. The number of aliphatic carboxylic acids is 1. The second-order valence-electron chi connectivity index (χ2n) is 4.03. The maximum absolute atomic E-state index is 11.2. The van der Waals surface area contributed by atoms with Crippen LogP contribution in [0.25, 0.3) is 0 Å². The molecular formula is C13H18O3. The highest BCUT2D eigenvalue weighted by Crippen LogP contribution is 2.24. The van der Waals surface area contributed by atoms with Crippen LogP contribution < -0.4 is 0 Å². The average molecular weight is 222 g/mol. The molecule has 1 atom stereocenters. The Morgan fingerprint density at radius 1 is 1.44 bits per heavy atom. The van der Waals surface area contributed by atoms with Crippen molar-refractivity contribution in [2.24, 2.45) is 0 Å². The molecule has 1 N–H and O–H groups in total. The molecule has 0 aliphatic heterocycles. The summed E-state index contributed by atoms with van der Waals surface area (Å²) >= 11 is 0. The molecule has 0 spiro atoms. The van der Waals surface area contributed by atoms with Gasteiger partial charge in [0.1, 0.15) is 0 Å². The van der Waals surface area contributed by atoms with E-state index in [-0.39, 0.29) is 0 Å². The summed E-state index contributed by atoms with van der Waals surface area (Å²) in [6, 6.07) is 5.86. The zero-order valence-electron chi connectivity index (χ0n) is 9.99. The van der Waals surface area contributed by atoms with Gasteiger partial charge in [-0.1, -0.05) is 23.8 Å². The number of carboxylic acids is 1. The maximum Gasteiger partial charge on any atom is 0.311 e. The van der Waals surface area contributed by atoms with Crippen molar-refractivity contribution in [2.45, 2.75) is 26.2 Å². The number of carboxylic acid groups (broad SMARTS) is 1. The number of hydrogen-bond acceptors (Lipinski definition) is 2. The van der Waals surface area contributed by atoms with Crippen molar-refractivity contribution in [3.8, 4) is 0 Å². The predicted octanol–water partition coefficient (Wildman–Crippen LogP) is 2.51. The zero-order valence-corrected chi connectivity index (χ0v) is 9.99. The van der Waals surface area contributed by atoms with Crippen LogP contribution in [0.1, 0.15) is 29.0 Å². The number of methoxy groups -OCH3 is 1. The molecule has 0 saturated heterocycles. The highest BCUT2D eigenvalue weighted by atomic mass is 16.5. The largest absolute Gasteiger partial charge is 0.481 e. The van der Waals surface area contributed by atoms with Gasteiger partial charge in [-0.25, -0.2) is 0 Å². The van der Waals surface area contributed by atoms with Crippen LogP contribution in [0.4, 0.5) is 0 Å². The van der Waals surface area contributed by atoms with Crippen molar-refractivity contribution >= 4 is 5.97 Å². The number of aryl methyl sites for hydroxylation is 2. The van der Waals surface area contributed by atoms with E-state index in [0.717, 1.165) is 16.7 Å². The normalized spacial score (nSPS) is 12.4. The Morgan fingerprint density at radius 2 is 2.12 bits per heavy atom. The summed E-state index contributed by atoms with van der Waals surface area (Å²) in [6.45, 7) is 4.41. The van der Waals surface area contributed by atoms with Gasteiger partial charge in [-0.3, -0.25) is 4.79 Å². The van der Waals surface area contributed by atoms with Gasteiger partial charge in [0.05, 0.1) is 5.92 Å². The Kier molecular flexibility index (Phi) is 4.50. The van der Waals surface area contributed by atoms with Gasteiger partial charge < -0.3 is 9.84 Å². The van der Waals surface area contributed by atoms with E-state index in [4.69, 9.17) is 4.74 Å².